The van der Waals surface area contributed by atoms with Crippen LogP contribution < -0.4 is 10.5 Å². The predicted molar refractivity (Wildman–Crippen MR) is 99.5 cm³/mol. The maximum atomic E-state index is 6.07. The second kappa shape index (κ2) is 7.39. The van der Waals surface area contributed by atoms with Crippen LogP contribution >= 0.6 is 0 Å². The Bertz CT molecular complexity index is 823. The minimum atomic E-state index is 0.604. The molecule has 0 fully saturated rings. The van der Waals surface area contributed by atoms with Gasteiger partial charge in [0.1, 0.15) is 5.75 Å². The summed E-state index contributed by atoms with van der Waals surface area (Å²) >= 11 is 0. The van der Waals surface area contributed by atoms with Gasteiger partial charge in [-0.1, -0.05) is 25.1 Å². The minimum Gasteiger partial charge on any atom is -0.497 e. The number of benzene rings is 2. The van der Waals surface area contributed by atoms with Gasteiger partial charge in [-0.15, -0.1) is 0 Å². The van der Waals surface area contributed by atoms with Gasteiger partial charge >= 0.3 is 0 Å². The summed E-state index contributed by atoms with van der Waals surface area (Å²) in [5.41, 5.74) is 10.9. The summed E-state index contributed by atoms with van der Waals surface area (Å²) in [4.78, 5) is 4.42. The maximum absolute atomic E-state index is 6.07. The summed E-state index contributed by atoms with van der Waals surface area (Å²) in [7, 11) is 1.72. The van der Waals surface area contributed by atoms with Gasteiger partial charge in [-0.25, -0.2) is 4.98 Å². The molecule has 0 radical (unpaired) electrons. The number of methoxy groups -OCH3 is 1. The fourth-order valence-corrected chi connectivity index (χ4v) is 3.22. The largest absolute Gasteiger partial charge is 0.497 e. The molecule has 2 N–H and O–H groups in total. The Morgan fingerprint density at radius 1 is 1.08 bits per heavy atom. The van der Waals surface area contributed by atoms with Gasteiger partial charge in [0.2, 0.25) is 5.95 Å². The van der Waals surface area contributed by atoms with Gasteiger partial charge < -0.3 is 15.0 Å². The lowest BCUT2D eigenvalue weighted by Gasteiger charge is -2.11. The van der Waals surface area contributed by atoms with Crippen LogP contribution in [0.5, 0.6) is 5.75 Å². The minimum absolute atomic E-state index is 0.604. The summed E-state index contributed by atoms with van der Waals surface area (Å²) in [5.74, 6) is 1.54. The van der Waals surface area contributed by atoms with Crippen LogP contribution in [0.2, 0.25) is 0 Å². The quantitative estimate of drug-likeness (QED) is 0.663. The van der Waals surface area contributed by atoms with Crippen LogP contribution in [0.4, 0.5) is 5.95 Å². The summed E-state index contributed by atoms with van der Waals surface area (Å²) in [6.45, 7) is 3.10. The van der Waals surface area contributed by atoms with Gasteiger partial charge in [0, 0.05) is 6.54 Å². The van der Waals surface area contributed by atoms with Crippen LogP contribution in [0.3, 0.4) is 0 Å². The smallest absolute Gasteiger partial charge is 0.201 e. The van der Waals surface area contributed by atoms with Crippen molar-refractivity contribution in [2.24, 2.45) is 0 Å². The van der Waals surface area contributed by atoms with E-state index in [1.54, 1.807) is 7.11 Å². The van der Waals surface area contributed by atoms with Crippen molar-refractivity contribution >= 4 is 17.0 Å². The third-order valence-corrected chi connectivity index (χ3v) is 4.56. The molecular weight excluding hydrogens is 298 g/mol. The van der Waals surface area contributed by atoms with Gasteiger partial charge in [-0.2, -0.15) is 0 Å². The summed E-state index contributed by atoms with van der Waals surface area (Å²) < 4.78 is 7.47. The van der Waals surface area contributed by atoms with E-state index in [0.29, 0.717) is 5.95 Å². The average Bonchev–Trinajstić information content (AvgIpc) is 2.93. The zero-order valence-corrected chi connectivity index (χ0v) is 14.5. The van der Waals surface area contributed by atoms with Crippen LogP contribution in [0.25, 0.3) is 11.0 Å². The fraction of sp³-hybridized carbons (Fsp3) is 0.350. The third-order valence-electron chi connectivity index (χ3n) is 4.56. The molecule has 1 aromatic heterocycles. The number of anilines is 1. The number of unbranched alkanes of at least 4 members (excludes halogenated alkanes) is 1. The van der Waals surface area contributed by atoms with Crippen LogP contribution in [-0.2, 0) is 19.4 Å². The molecule has 0 aliphatic heterocycles. The summed E-state index contributed by atoms with van der Waals surface area (Å²) in [6, 6.07) is 14.5. The van der Waals surface area contributed by atoms with Crippen molar-refractivity contribution in [1.82, 2.24) is 9.55 Å². The standard InChI is InChI=1S/C20H25N3O/c1-3-15-11-12-17(24-2)14-16(15)8-6-7-13-23-19-10-5-4-9-18(19)22-20(23)21/h4-5,9-12,14H,3,6-8,13H2,1-2H3,(H2,21,22). The van der Waals surface area contributed by atoms with Gasteiger partial charge in [0.25, 0.3) is 0 Å². The van der Waals surface area contributed by atoms with Crippen molar-refractivity contribution in [1.29, 1.82) is 0 Å². The van der Waals surface area contributed by atoms with Crippen molar-refractivity contribution in [2.45, 2.75) is 39.2 Å². The number of nitrogen functional groups attached to an aromatic ring is 1. The van der Waals surface area contributed by atoms with Gasteiger partial charge in [-0.05, 0) is 61.1 Å². The van der Waals surface area contributed by atoms with E-state index in [1.165, 1.54) is 11.1 Å². The molecule has 0 aliphatic carbocycles. The Labute approximate surface area is 143 Å². The van der Waals surface area contributed by atoms with E-state index in [1.807, 2.05) is 24.3 Å². The third kappa shape index (κ3) is 3.37. The molecule has 0 unspecified atom stereocenters. The van der Waals surface area contributed by atoms with E-state index >= 15 is 0 Å². The molecule has 0 saturated heterocycles. The Morgan fingerprint density at radius 2 is 1.92 bits per heavy atom. The highest BCUT2D eigenvalue weighted by Crippen LogP contribution is 2.21. The molecule has 3 aromatic rings. The van der Waals surface area contributed by atoms with Crippen molar-refractivity contribution < 1.29 is 4.74 Å². The van der Waals surface area contributed by atoms with Crippen molar-refractivity contribution in [3.05, 3.63) is 53.6 Å². The molecule has 3 rings (SSSR count). The SMILES string of the molecule is CCc1ccc(OC)cc1CCCCn1c(N)nc2ccccc21. The summed E-state index contributed by atoms with van der Waals surface area (Å²) in [6.07, 6.45) is 4.31. The van der Waals surface area contributed by atoms with E-state index in [9.17, 15) is 0 Å². The van der Waals surface area contributed by atoms with Crippen LogP contribution in [0.1, 0.15) is 30.9 Å². The fourth-order valence-electron chi connectivity index (χ4n) is 3.22. The molecule has 2 aromatic carbocycles. The van der Waals surface area contributed by atoms with Crippen LogP contribution in [-0.4, -0.2) is 16.7 Å². The lowest BCUT2D eigenvalue weighted by molar-refractivity contribution is 0.414. The first-order chi connectivity index (χ1) is 11.7. The van der Waals surface area contributed by atoms with E-state index < -0.39 is 0 Å². The molecule has 4 heteroatoms. The monoisotopic (exact) mass is 323 g/mol. The molecule has 4 nitrogen and oxygen atoms in total. The second-order valence-corrected chi connectivity index (χ2v) is 6.06. The molecule has 0 bridgehead atoms. The molecule has 0 atom stereocenters. The molecular formula is C20H25N3O. The summed E-state index contributed by atoms with van der Waals surface area (Å²) in [5, 5.41) is 0. The Morgan fingerprint density at radius 3 is 2.71 bits per heavy atom. The highest BCUT2D eigenvalue weighted by Gasteiger charge is 2.08. The lowest BCUT2D eigenvalue weighted by Crippen LogP contribution is -2.04. The molecule has 24 heavy (non-hydrogen) atoms. The maximum Gasteiger partial charge on any atom is 0.201 e. The number of aromatic nitrogens is 2. The molecule has 0 aliphatic rings. The number of para-hydroxylation sites is 2. The molecule has 1 heterocycles. The zero-order valence-electron chi connectivity index (χ0n) is 14.5. The van der Waals surface area contributed by atoms with E-state index in [0.717, 1.165) is 49.0 Å². The first-order valence-corrected chi connectivity index (χ1v) is 8.59. The first kappa shape index (κ1) is 16.4. The molecule has 0 amide bonds. The zero-order chi connectivity index (χ0) is 16.9. The number of rotatable bonds is 7. The highest BCUT2D eigenvalue weighted by atomic mass is 16.5. The Hall–Kier alpha value is -2.49. The Kier molecular flexibility index (Phi) is 5.04. The number of ether oxygens (including phenoxy) is 1. The average molecular weight is 323 g/mol. The van der Waals surface area contributed by atoms with Crippen molar-refractivity contribution in [2.75, 3.05) is 12.8 Å². The van der Waals surface area contributed by atoms with Gasteiger partial charge in [-0.3, -0.25) is 0 Å². The Balaban J connectivity index is 1.64. The topological polar surface area (TPSA) is 53.1 Å². The van der Waals surface area contributed by atoms with Crippen LogP contribution in [0, 0.1) is 0 Å². The molecule has 126 valence electrons. The van der Waals surface area contributed by atoms with E-state index in [2.05, 4.69) is 34.7 Å². The van der Waals surface area contributed by atoms with Crippen LogP contribution in [0.15, 0.2) is 42.5 Å². The lowest BCUT2D eigenvalue weighted by atomic mass is 9.99. The van der Waals surface area contributed by atoms with Gasteiger partial charge in [0.05, 0.1) is 18.1 Å². The van der Waals surface area contributed by atoms with E-state index in [-0.39, 0.29) is 0 Å². The number of hydrogen-bond acceptors (Lipinski definition) is 3. The highest BCUT2D eigenvalue weighted by molar-refractivity contribution is 5.78. The first-order valence-electron chi connectivity index (χ1n) is 8.59. The number of hydrogen-bond donors (Lipinski definition) is 1. The number of nitrogens with two attached hydrogens (primary N) is 1. The van der Waals surface area contributed by atoms with Gasteiger partial charge in [0.15, 0.2) is 0 Å². The second-order valence-electron chi connectivity index (χ2n) is 6.06. The number of nitrogens with zero attached hydrogens (tertiary/aromatic N) is 2. The molecule has 0 spiro atoms. The number of imidazole rings is 1. The number of aryl methyl sites for hydroxylation is 3. The normalized spacial score (nSPS) is 11.1. The number of fused-ring (bicyclic) bond motifs is 1. The van der Waals surface area contributed by atoms with E-state index in [4.69, 9.17) is 10.5 Å². The molecule has 0 saturated carbocycles. The van der Waals surface area contributed by atoms with Crippen molar-refractivity contribution in [3.63, 3.8) is 0 Å². The van der Waals surface area contributed by atoms with Crippen molar-refractivity contribution in [3.8, 4) is 5.75 Å². The predicted octanol–water partition coefficient (Wildman–Crippen LogP) is 4.21.